The van der Waals surface area contributed by atoms with Gasteiger partial charge in [-0.1, -0.05) is 12.8 Å². The van der Waals surface area contributed by atoms with Gasteiger partial charge in [-0.05, 0) is 18.2 Å². The number of hydrogen-bond acceptors (Lipinski definition) is 2. The van der Waals surface area contributed by atoms with Gasteiger partial charge in [-0.15, -0.1) is 0 Å². The molecule has 2 aromatic heterocycles. The molecule has 0 radical (unpaired) electrons. The normalized spacial score (nSPS) is 10.5. The first-order valence-electron chi connectivity index (χ1n) is 2.99. The summed E-state index contributed by atoms with van der Waals surface area (Å²) in [7, 11) is 0. The van der Waals surface area contributed by atoms with Crippen molar-refractivity contribution in [3.63, 3.8) is 0 Å². The van der Waals surface area contributed by atoms with Crippen LogP contribution in [-0.4, -0.2) is 8.96 Å². The number of rotatable bonds is 0. The molecule has 0 amide bonds. The van der Waals surface area contributed by atoms with E-state index in [2.05, 4.69) is 17.8 Å². The number of nitrogens with zero attached hydrogens (tertiary/aromatic N) is 2. The van der Waals surface area contributed by atoms with Gasteiger partial charge in [0.05, 0.1) is 11.0 Å². The summed E-state index contributed by atoms with van der Waals surface area (Å²) in [6, 6.07) is 5.81. The number of fused-ring (bicyclic) bond motifs is 1. The standard InChI is InChI=1S/C7H6N2S/c10-9-5-3-6-7(9)2-1-4-8-6/h1-5,10H. The van der Waals surface area contributed by atoms with E-state index in [0.717, 1.165) is 11.0 Å². The molecule has 0 aliphatic heterocycles. The van der Waals surface area contributed by atoms with Crippen LogP contribution in [-0.2, 0) is 0 Å². The van der Waals surface area contributed by atoms with Gasteiger partial charge in [-0.3, -0.25) is 8.96 Å². The first kappa shape index (κ1) is 5.80. The second-order valence-corrected chi connectivity index (χ2v) is 2.50. The fraction of sp³-hybridized carbons (Fsp3) is 0. The van der Waals surface area contributed by atoms with E-state index in [1.807, 2.05) is 24.4 Å². The lowest BCUT2D eigenvalue weighted by Crippen LogP contribution is -1.76. The van der Waals surface area contributed by atoms with E-state index in [4.69, 9.17) is 0 Å². The summed E-state index contributed by atoms with van der Waals surface area (Å²) in [4.78, 5) is 4.13. The third-order valence-electron chi connectivity index (χ3n) is 1.44. The molecular weight excluding hydrogens is 144 g/mol. The predicted molar refractivity (Wildman–Crippen MR) is 44.1 cm³/mol. The van der Waals surface area contributed by atoms with Crippen LogP contribution in [0.4, 0.5) is 0 Å². The maximum Gasteiger partial charge on any atom is 0.0890 e. The van der Waals surface area contributed by atoms with Crippen molar-refractivity contribution in [3.05, 3.63) is 30.6 Å². The molecule has 2 heterocycles. The Morgan fingerprint density at radius 3 is 3.10 bits per heavy atom. The lowest BCUT2D eigenvalue weighted by atomic mass is 10.4. The third kappa shape index (κ3) is 0.708. The van der Waals surface area contributed by atoms with Crippen LogP contribution < -0.4 is 0 Å². The van der Waals surface area contributed by atoms with Crippen LogP contribution in [0.25, 0.3) is 11.0 Å². The van der Waals surface area contributed by atoms with Gasteiger partial charge in [-0.2, -0.15) is 0 Å². The molecule has 0 aliphatic rings. The average Bonchev–Trinajstić information content (AvgIpc) is 2.34. The van der Waals surface area contributed by atoms with Crippen molar-refractivity contribution in [1.29, 1.82) is 0 Å². The van der Waals surface area contributed by atoms with Crippen molar-refractivity contribution in [2.45, 2.75) is 0 Å². The van der Waals surface area contributed by atoms with Crippen LogP contribution in [0, 0.1) is 0 Å². The zero-order valence-electron chi connectivity index (χ0n) is 5.23. The van der Waals surface area contributed by atoms with Gasteiger partial charge >= 0.3 is 0 Å². The van der Waals surface area contributed by atoms with Gasteiger partial charge < -0.3 is 0 Å². The van der Waals surface area contributed by atoms with Gasteiger partial charge in [-0.25, -0.2) is 0 Å². The summed E-state index contributed by atoms with van der Waals surface area (Å²) in [6.45, 7) is 0. The molecular formula is C7H6N2S. The van der Waals surface area contributed by atoms with Crippen molar-refractivity contribution in [1.82, 2.24) is 8.96 Å². The van der Waals surface area contributed by atoms with Crippen molar-refractivity contribution < 1.29 is 0 Å². The predicted octanol–water partition coefficient (Wildman–Crippen LogP) is 1.73. The number of pyridine rings is 1. The molecule has 0 bridgehead atoms. The summed E-state index contributed by atoms with van der Waals surface area (Å²) in [5.74, 6) is 0. The smallest absolute Gasteiger partial charge is 0.0890 e. The van der Waals surface area contributed by atoms with Gasteiger partial charge in [0.1, 0.15) is 0 Å². The summed E-state index contributed by atoms with van der Waals surface area (Å²) >= 11 is 4.18. The minimum atomic E-state index is 0.984. The molecule has 10 heavy (non-hydrogen) atoms. The topological polar surface area (TPSA) is 17.8 Å². The lowest BCUT2D eigenvalue weighted by molar-refractivity contribution is 1.35. The highest BCUT2D eigenvalue weighted by atomic mass is 32.1. The van der Waals surface area contributed by atoms with Crippen molar-refractivity contribution in [3.8, 4) is 0 Å². The maximum atomic E-state index is 4.18. The van der Waals surface area contributed by atoms with Crippen LogP contribution >= 0.6 is 12.8 Å². The molecule has 0 fully saturated rings. The minimum absolute atomic E-state index is 0.984. The average molecular weight is 150 g/mol. The molecule has 0 atom stereocenters. The summed E-state index contributed by atoms with van der Waals surface area (Å²) in [6.07, 6.45) is 3.65. The second-order valence-electron chi connectivity index (χ2n) is 2.07. The Balaban J connectivity index is 2.93. The maximum absolute atomic E-state index is 4.18. The SMILES string of the molecule is Sn1ccc2ncccc21. The third-order valence-corrected chi connectivity index (χ3v) is 1.79. The van der Waals surface area contributed by atoms with E-state index in [-0.39, 0.29) is 0 Å². The zero-order chi connectivity index (χ0) is 6.97. The highest BCUT2D eigenvalue weighted by molar-refractivity contribution is 7.78. The van der Waals surface area contributed by atoms with E-state index in [0.29, 0.717) is 0 Å². The largest absolute Gasteiger partial charge is 0.292 e. The first-order chi connectivity index (χ1) is 4.88. The van der Waals surface area contributed by atoms with Gasteiger partial charge in [0.2, 0.25) is 0 Å². The Morgan fingerprint density at radius 2 is 2.30 bits per heavy atom. The Morgan fingerprint density at radius 1 is 1.40 bits per heavy atom. The van der Waals surface area contributed by atoms with Crippen LogP contribution in [0.1, 0.15) is 0 Å². The molecule has 2 rings (SSSR count). The molecule has 0 aromatic carbocycles. The summed E-state index contributed by atoms with van der Waals surface area (Å²) in [5, 5.41) is 0. The first-order valence-corrected chi connectivity index (χ1v) is 3.39. The molecule has 0 spiro atoms. The second kappa shape index (κ2) is 2.02. The molecule has 50 valence electrons. The molecule has 2 aromatic rings. The Bertz CT molecular complexity index is 353. The van der Waals surface area contributed by atoms with E-state index in [1.165, 1.54) is 0 Å². The highest BCUT2D eigenvalue weighted by Gasteiger charge is 1.94. The van der Waals surface area contributed by atoms with Gasteiger partial charge in [0.15, 0.2) is 0 Å². The van der Waals surface area contributed by atoms with Gasteiger partial charge in [0, 0.05) is 12.4 Å². The molecule has 0 N–H and O–H groups in total. The monoisotopic (exact) mass is 150 g/mol. The highest BCUT2D eigenvalue weighted by Crippen LogP contribution is 2.12. The summed E-state index contributed by atoms with van der Waals surface area (Å²) in [5.41, 5.74) is 2.03. The molecule has 2 nitrogen and oxygen atoms in total. The van der Waals surface area contributed by atoms with Gasteiger partial charge in [0.25, 0.3) is 0 Å². The quantitative estimate of drug-likeness (QED) is 0.566. The Kier molecular flexibility index (Phi) is 1.17. The van der Waals surface area contributed by atoms with E-state index >= 15 is 0 Å². The molecule has 0 saturated heterocycles. The minimum Gasteiger partial charge on any atom is -0.292 e. The van der Waals surface area contributed by atoms with Crippen LogP contribution in [0.15, 0.2) is 30.6 Å². The molecule has 3 heteroatoms. The lowest BCUT2D eigenvalue weighted by Gasteiger charge is -1.90. The fourth-order valence-corrected chi connectivity index (χ4v) is 1.19. The molecule has 0 unspecified atom stereocenters. The molecule has 0 aliphatic carbocycles. The Labute approximate surface area is 64.0 Å². The van der Waals surface area contributed by atoms with Crippen LogP contribution in [0.2, 0.25) is 0 Å². The number of aromatic nitrogens is 2. The van der Waals surface area contributed by atoms with Crippen molar-refractivity contribution in [2.24, 2.45) is 0 Å². The number of thiol groups is 1. The fourth-order valence-electron chi connectivity index (χ4n) is 0.953. The van der Waals surface area contributed by atoms with E-state index in [9.17, 15) is 0 Å². The van der Waals surface area contributed by atoms with E-state index < -0.39 is 0 Å². The van der Waals surface area contributed by atoms with Crippen LogP contribution in [0.5, 0.6) is 0 Å². The van der Waals surface area contributed by atoms with Crippen molar-refractivity contribution in [2.75, 3.05) is 0 Å². The van der Waals surface area contributed by atoms with Crippen LogP contribution in [0.3, 0.4) is 0 Å². The zero-order valence-corrected chi connectivity index (χ0v) is 6.12. The Hall–Kier alpha value is -0.960. The number of hydrogen-bond donors (Lipinski definition) is 1. The van der Waals surface area contributed by atoms with Crippen molar-refractivity contribution >= 4 is 23.8 Å². The van der Waals surface area contributed by atoms with E-state index in [1.54, 1.807) is 10.2 Å². The summed E-state index contributed by atoms with van der Waals surface area (Å²) < 4.78 is 1.75. The molecule has 0 saturated carbocycles.